The van der Waals surface area contributed by atoms with Gasteiger partial charge in [-0.05, 0) is 154 Å². The maximum Gasteiger partial charge on any atom is 0.338 e. The maximum atomic E-state index is 13.5. The number of carbonyl (C=O) groups is 2. The molecule has 5 aliphatic carbocycles. The SMILES string of the molecule is CC(C)C1=C2C3CCC4C5(C)CC=C(c6ccc(C(=O)OC(C)(C)C)cc6)C(C)C5CCC4(C)C3CCC2(CCN)CC1=O. The van der Waals surface area contributed by atoms with Crippen molar-refractivity contribution in [2.24, 2.45) is 57.5 Å². The Balaban J connectivity index is 1.28. The van der Waals surface area contributed by atoms with E-state index in [9.17, 15) is 9.59 Å². The first-order chi connectivity index (χ1) is 20.6. The van der Waals surface area contributed by atoms with Crippen molar-refractivity contribution in [3.8, 4) is 0 Å². The van der Waals surface area contributed by atoms with Crippen LogP contribution in [-0.4, -0.2) is 23.9 Å². The van der Waals surface area contributed by atoms with E-state index in [2.05, 4.69) is 52.8 Å². The summed E-state index contributed by atoms with van der Waals surface area (Å²) in [5.74, 6) is 3.52. The molecule has 3 saturated carbocycles. The number of ether oxygens (including phenoxy) is 1. The molecule has 0 bridgehead atoms. The zero-order chi connectivity index (χ0) is 31.8. The third-order valence-electron chi connectivity index (χ3n) is 13.4. The highest BCUT2D eigenvalue weighted by atomic mass is 16.6. The van der Waals surface area contributed by atoms with Gasteiger partial charge in [0.2, 0.25) is 0 Å². The number of carbonyl (C=O) groups excluding carboxylic acids is 2. The number of allylic oxidation sites excluding steroid dienone is 4. The highest BCUT2D eigenvalue weighted by Crippen LogP contribution is 2.72. The molecule has 2 N–H and O–H groups in total. The van der Waals surface area contributed by atoms with Crippen molar-refractivity contribution in [2.75, 3.05) is 6.54 Å². The lowest BCUT2D eigenvalue weighted by Gasteiger charge is -2.66. The molecular weight excluding hydrogens is 542 g/mol. The lowest BCUT2D eigenvalue weighted by atomic mass is 9.38. The molecule has 0 aliphatic heterocycles. The van der Waals surface area contributed by atoms with Crippen molar-refractivity contribution in [2.45, 2.75) is 119 Å². The number of Topliss-reactive ketones (excluding diaryl/α,β-unsaturated/α-hetero) is 1. The van der Waals surface area contributed by atoms with E-state index in [1.165, 1.54) is 48.8 Å². The second-order valence-corrected chi connectivity index (χ2v) is 17.2. The van der Waals surface area contributed by atoms with E-state index in [1.54, 1.807) is 5.57 Å². The molecule has 8 atom stereocenters. The Morgan fingerprint density at radius 3 is 2.32 bits per heavy atom. The minimum Gasteiger partial charge on any atom is -0.456 e. The van der Waals surface area contributed by atoms with E-state index < -0.39 is 5.60 Å². The minimum absolute atomic E-state index is 0.0346. The van der Waals surface area contributed by atoms with Crippen molar-refractivity contribution < 1.29 is 14.3 Å². The average Bonchev–Trinajstić information content (AvgIpc) is 3.24. The van der Waals surface area contributed by atoms with Crippen molar-refractivity contribution in [1.29, 1.82) is 0 Å². The summed E-state index contributed by atoms with van der Waals surface area (Å²) >= 11 is 0. The van der Waals surface area contributed by atoms with E-state index in [0.29, 0.717) is 65.2 Å². The summed E-state index contributed by atoms with van der Waals surface area (Å²) in [5, 5.41) is 0. The standard InChI is InChI=1S/C40H57NO3/c1-24(2)34-32(42)23-40(21-22-41)20-17-31-29(35(34)40)13-14-33-38(7)18-15-28(25(3)30(38)16-19-39(31,33)8)26-9-11-27(12-10-26)36(43)44-37(4,5)6/h9-12,15,24-25,29-31,33H,13-14,16-23,41H2,1-8H3. The fourth-order valence-electron chi connectivity index (χ4n) is 11.8. The number of ketones is 1. The Bertz CT molecular complexity index is 1380. The first kappa shape index (κ1) is 31.8. The van der Waals surface area contributed by atoms with Crippen LogP contribution in [0.4, 0.5) is 0 Å². The van der Waals surface area contributed by atoms with Gasteiger partial charge in [0.05, 0.1) is 5.56 Å². The van der Waals surface area contributed by atoms with Crippen LogP contribution < -0.4 is 5.73 Å². The van der Waals surface area contributed by atoms with Crippen LogP contribution in [0.25, 0.3) is 5.57 Å². The molecule has 0 radical (unpaired) electrons. The summed E-state index contributed by atoms with van der Waals surface area (Å²) in [5.41, 5.74) is 12.4. The summed E-state index contributed by atoms with van der Waals surface area (Å²) in [6.45, 7) is 18.6. The van der Waals surface area contributed by atoms with Gasteiger partial charge in [0.25, 0.3) is 0 Å². The topological polar surface area (TPSA) is 69.4 Å². The van der Waals surface area contributed by atoms with Crippen LogP contribution in [-0.2, 0) is 9.53 Å². The predicted molar refractivity (Wildman–Crippen MR) is 179 cm³/mol. The van der Waals surface area contributed by atoms with Gasteiger partial charge in [-0.3, -0.25) is 4.79 Å². The molecule has 44 heavy (non-hydrogen) atoms. The first-order valence-electron chi connectivity index (χ1n) is 17.7. The van der Waals surface area contributed by atoms with Crippen molar-refractivity contribution in [3.63, 3.8) is 0 Å². The number of esters is 1. The summed E-state index contributed by atoms with van der Waals surface area (Å²) in [4.78, 5) is 26.1. The third-order valence-corrected chi connectivity index (χ3v) is 13.4. The molecule has 0 heterocycles. The van der Waals surface area contributed by atoms with Crippen molar-refractivity contribution in [1.82, 2.24) is 0 Å². The molecule has 6 rings (SSSR count). The van der Waals surface area contributed by atoms with E-state index in [4.69, 9.17) is 10.5 Å². The van der Waals surface area contributed by atoms with Gasteiger partial charge >= 0.3 is 5.97 Å². The highest BCUT2D eigenvalue weighted by Gasteiger charge is 2.64. The summed E-state index contributed by atoms with van der Waals surface area (Å²) in [6.07, 6.45) is 12.8. The van der Waals surface area contributed by atoms with E-state index in [0.717, 1.165) is 19.3 Å². The fraction of sp³-hybridized carbons (Fsp3) is 0.700. The molecular formula is C40H57NO3. The molecule has 0 spiro atoms. The smallest absolute Gasteiger partial charge is 0.338 e. The maximum absolute atomic E-state index is 13.5. The molecule has 8 unspecified atom stereocenters. The molecule has 0 amide bonds. The van der Waals surface area contributed by atoms with Gasteiger partial charge in [0, 0.05) is 11.8 Å². The van der Waals surface area contributed by atoms with Gasteiger partial charge in [-0.15, -0.1) is 0 Å². The van der Waals surface area contributed by atoms with E-state index in [-0.39, 0.29) is 16.8 Å². The number of benzene rings is 1. The highest BCUT2D eigenvalue weighted by molar-refractivity contribution is 6.00. The van der Waals surface area contributed by atoms with Crippen LogP contribution in [0, 0.1) is 51.8 Å². The van der Waals surface area contributed by atoms with Crippen LogP contribution in [0.1, 0.15) is 129 Å². The Kier molecular flexibility index (Phi) is 7.91. The number of hydrogen-bond donors (Lipinski definition) is 1. The van der Waals surface area contributed by atoms with E-state index in [1.807, 2.05) is 32.9 Å². The Morgan fingerprint density at radius 1 is 1.00 bits per heavy atom. The van der Waals surface area contributed by atoms with Gasteiger partial charge in [-0.25, -0.2) is 4.79 Å². The van der Waals surface area contributed by atoms with Crippen LogP contribution in [0.15, 0.2) is 41.5 Å². The normalized spacial score (nSPS) is 38.5. The number of hydrogen-bond acceptors (Lipinski definition) is 4. The molecule has 240 valence electrons. The second kappa shape index (κ2) is 11.0. The minimum atomic E-state index is -0.497. The van der Waals surface area contributed by atoms with Gasteiger partial charge in [-0.2, -0.15) is 0 Å². The summed E-state index contributed by atoms with van der Waals surface area (Å²) in [6, 6.07) is 8.12. The number of fused-ring (bicyclic) bond motifs is 7. The van der Waals surface area contributed by atoms with Gasteiger partial charge in [0.15, 0.2) is 5.78 Å². The first-order valence-corrected chi connectivity index (χ1v) is 17.7. The average molecular weight is 600 g/mol. The number of nitrogens with two attached hydrogens (primary N) is 1. The Labute approximate surface area is 266 Å². The second-order valence-electron chi connectivity index (χ2n) is 17.2. The Hall–Kier alpha value is -2.20. The lowest BCUT2D eigenvalue weighted by molar-refractivity contribution is -0.145. The van der Waals surface area contributed by atoms with Crippen molar-refractivity contribution in [3.05, 3.63) is 52.6 Å². The molecule has 5 aliphatic rings. The third kappa shape index (κ3) is 4.88. The van der Waals surface area contributed by atoms with Gasteiger partial charge in [-0.1, -0.05) is 58.4 Å². The molecule has 1 aromatic rings. The number of rotatable bonds is 5. The molecule has 0 saturated heterocycles. The van der Waals surface area contributed by atoms with Gasteiger partial charge < -0.3 is 10.5 Å². The quantitative estimate of drug-likeness (QED) is 0.343. The van der Waals surface area contributed by atoms with Crippen LogP contribution >= 0.6 is 0 Å². The Morgan fingerprint density at radius 2 is 1.68 bits per heavy atom. The zero-order valence-electron chi connectivity index (χ0n) is 28.7. The largest absolute Gasteiger partial charge is 0.456 e. The molecule has 3 fully saturated rings. The van der Waals surface area contributed by atoms with Crippen molar-refractivity contribution >= 4 is 17.3 Å². The molecule has 4 nitrogen and oxygen atoms in total. The molecule has 1 aromatic carbocycles. The van der Waals surface area contributed by atoms with E-state index >= 15 is 0 Å². The molecule has 0 aromatic heterocycles. The zero-order valence-corrected chi connectivity index (χ0v) is 28.7. The predicted octanol–water partition coefficient (Wildman–Crippen LogP) is 9.18. The molecule has 4 heteroatoms. The van der Waals surface area contributed by atoms with Crippen LogP contribution in [0.3, 0.4) is 0 Å². The van der Waals surface area contributed by atoms with Crippen LogP contribution in [0.5, 0.6) is 0 Å². The van der Waals surface area contributed by atoms with Crippen LogP contribution in [0.2, 0.25) is 0 Å². The monoisotopic (exact) mass is 599 g/mol. The van der Waals surface area contributed by atoms with Gasteiger partial charge in [0.1, 0.15) is 5.60 Å². The summed E-state index contributed by atoms with van der Waals surface area (Å²) in [7, 11) is 0. The lowest BCUT2D eigenvalue weighted by Crippen LogP contribution is -2.59. The fourth-order valence-corrected chi connectivity index (χ4v) is 11.8. The summed E-state index contributed by atoms with van der Waals surface area (Å²) < 4.78 is 5.60.